The van der Waals surface area contributed by atoms with Crippen molar-refractivity contribution in [1.82, 2.24) is 9.38 Å². The molecule has 0 aliphatic carbocycles. The van der Waals surface area contributed by atoms with Gasteiger partial charge < -0.3 is 9.84 Å². The van der Waals surface area contributed by atoms with Crippen LogP contribution in [0.3, 0.4) is 0 Å². The van der Waals surface area contributed by atoms with Crippen molar-refractivity contribution in [3.05, 3.63) is 35.9 Å². The number of hydrogen-bond acceptors (Lipinski definition) is 4. The Morgan fingerprint density at radius 2 is 2.24 bits per heavy atom. The first-order chi connectivity index (χ1) is 8.15. The fourth-order valence-corrected chi connectivity index (χ4v) is 1.55. The standard InChI is InChI=1S/C11H10N2O4/c1-2-17-11(16)9-7-4-3-5-8(10(14)15)13(7)6-12-9/h3-6H,2H2,1H3,(H,14,15). The van der Waals surface area contributed by atoms with Crippen LogP contribution in [0, 0.1) is 0 Å². The second-order valence-electron chi connectivity index (χ2n) is 3.29. The summed E-state index contributed by atoms with van der Waals surface area (Å²) in [7, 11) is 0. The van der Waals surface area contributed by atoms with Crippen molar-refractivity contribution < 1.29 is 19.4 Å². The lowest BCUT2D eigenvalue weighted by Gasteiger charge is -2.01. The lowest BCUT2D eigenvalue weighted by molar-refractivity contribution is 0.0521. The number of aromatic carboxylic acids is 1. The average Bonchev–Trinajstić information content (AvgIpc) is 2.72. The first-order valence-corrected chi connectivity index (χ1v) is 5.01. The molecule has 6 nitrogen and oxygen atoms in total. The van der Waals surface area contributed by atoms with Crippen molar-refractivity contribution in [2.45, 2.75) is 6.92 Å². The number of fused-ring (bicyclic) bond motifs is 1. The Morgan fingerprint density at radius 1 is 1.47 bits per heavy atom. The molecule has 2 heterocycles. The summed E-state index contributed by atoms with van der Waals surface area (Å²) in [6.45, 7) is 1.94. The monoisotopic (exact) mass is 234 g/mol. The van der Waals surface area contributed by atoms with Gasteiger partial charge in [-0.25, -0.2) is 14.6 Å². The summed E-state index contributed by atoms with van der Waals surface area (Å²) in [5, 5.41) is 8.97. The second kappa shape index (κ2) is 4.25. The van der Waals surface area contributed by atoms with Gasteiger partial charge in [-0.15, -0.1) is 0 Å². The molecular weight excluding hydrogens is 224 g/mol. The van der Waals surface area contributed by atoms with E-state index in [0.717, 1.165) is 0 Å². The highest BCUT2D eigenvalue weighted by atomic mass is 16.5. The van der Waals surface area contributed by atoms with Crippen LogP contribution < -0.4 is 0 Å². The summed E-state index contributed by atoms with van der Waals surface area (Å²) in [5.41, 5.74) is 0.587. The highest BCUT2D eigenvalue weighted by Gasteiger charge is 2.17. The van der Waals surface area contributed by atoms with Crippen LogP contribution in [-0.4, -0.2) is 33.0 Å². The van der Waals surface area contributed by atoms with Gasteiger partial charge in [0.25, 0.3) is 0 Å². The molecule has 0 atom stereocenters. The predicted molar refractivity (Wildman–Crippen MR) is 58.1 cm³/mol. The number of carbonyl (C=O) groups is 2. The van der Waals surface area contributed by atoms with Gasteiger partial charge in [-0.3, -0.25) is 4.40 Å². The van der Waals surface area contributed by atoms with Gasteiger partial charge in [0.2, 0.25) is 0 Å². The maximum Gasteiger partial charge on any atom is 0.359 e. The van der Waals surface area contributed by atoms with Crippen LogP contribution >= 0.6 is 0 Å². The fraction of sp³-hybridized carbons (Fsp3) is 0.182. The summed E-state index contributed by atoms with van der Waals surface area (Å²) < 4.78 is 6.17. The molecule has 0 aliphatic heterocycles. The van der Waals surface area contributed by atoms with Gasteiger partial charge in [0.05, 0.1) is 12.1 Å². The lowest BCUT2D eigenvalue weighted by Crippen LogP contribution is -2.07. The smallest absolute Gasteiger partial charge is 0.359 e. The zero-order valence-electron chi connectivity index (χ0n) is 9.08. The van der Waals surface area contributed by atoms with E-state index < -0.39 is 11.9 Å². The van der Waals surface area contributed by atoms with Crippen LogP contribution in [0.15, 0.2) is 24.5 Å². The first-order valence-electron chi connectivity index (χ1n) is 5.01. The van der Waals surface area contributed by atoms with Gasteiger partial charge in [0, 0.05) is 0 Å². The first kappa shape index (κ1) is 11.1. The number of carboxylic acids is 1. The molecule has 0 spiro atoms. The van der Waals surface area contributed by atoms with Gasteiger partial charge in [-0.2, -0.15) is 0 Å². The number of imidazole rings is 1. The summed E-state index contributed by atoms with van der Waals surface area (Å²) in [6, 6.07) is 4.61. The second-order valence-corrected chi connectivity index (χ2v) is 3.29. The third-order valence-corrected chi connectivity index (χ3v) is 2.26. The SMILES string of the molecule is CCOC(=O)c1ncn2c(C(=O)O)cccc12. The van der Waals surface area contributed by atoms with E-state index in [1.165, 1.54) is 16.8 Å². The fourth-order valence-electron chi connectivity index (χ4n) is 1.55. The summed E-state index contributed by atoms with van der Waals surface area (Å²) >= 11 is 0. The average molecular weight is 234 g/mol. The maximum atomic E-state index is 11.6. The van der Waals surface area contributed by atoms with Gasteiger partial charge in [0.1, 0.15) is 12.0 Å². The minimum atomic E-state index is -1.08. The molecule has 0 amide bonds. The van der Waals surface area contributed by atoms with E-state index in [1.54, 1.807) is 19.1 Å². The minimum absolute atomic E-state index is 0.0468. The van der Waals surface area contributed by atoms with Crippen molar-refractivity contribution in [1.29, 1.82) is 0 Å². The van der Waals surface area contributed by atoms with Gasteiger partial charge in [0.15, 0.2) is 5.69 Å². The Labute approximate surface area is 96.5 Å². The van der Waals surface area contributed by atoms with Crippen LogP contribution in [0.1, 0.15) is 27.9 Å². The molecule has 0 fully saturated rings. The van der Waals surface area contributed by atoms with Crippen molar-refractivity contribution in [2.24, 2.45) is 0 Å². The normalized spacial score (nSPS) is 10.4. The number of aromatic nitrogens is 2. The van der Waals surface area contributed by atoms with Crippen molar-refractivity contribution >= 4 is 17.5 Å². The Balaban J connectivity index is 2.58. The third kappa shape index (κ3) is 1.84. The Morgan fingerprint density at radius 3 is 2.88 bits per heavy atom. The Hall–Kier alpha value is -2.37. The number of hydrogen-bond donors (Lipinski definition) is 1. The predicted octanol–water partition coefficient (Wildman–Crippen LogP) is 1.21. The summed E-state index contributed by atoms with van der Waals surface area (Å²) in [4.78, 5) is 26.4. The summed E-state index contributed by atoms with van der Waals surface area (Å²) in [5.74, 6) is -1.64. The molecular formula is C11H10N2O4. The lowest BCUT2D eigenvalue weighted by atomic mass is 10.3. The molecule has 1 N–H and O–H groups in total. The van der Waals surface area contributed by atoms with Gasteiger partial charge >= 0.3 is 11.9 Å². The van der Waals surface area contributed by atoms with Crippen LogP contribution in [0.2, 0.25) is 0 Å². The van der Waals surface area contributed by atoms with Crippen LogP contribution in [-0.2, 0) is 4.74 Å². The highest BCUT2D eigenvalue weighted by molar-refractivity contribution is 5.96. The molecule has 0 radical (unpaired) electrons. The number of carbonyl (C=O) groups excluding carboxylic acids is 1. The number of pyridine rings is 1. The Bertz CT molecular complexity index is 588. The van der Waals surface area contributed by atoms with Crippen molar-refractivity contribution in [3.63, 3.8) is 0 Å². The van der Waals surface area contributed by atoms with Crippen molar-refractivity contribution in [2.75, 3.05) is 6.61 Å². The molecule has 88 valence electrons. The van der Waals surface area contributed by atoms with E-state index in [1.807, 2.05) is 0 Å². The summed E-state index contributed by atoms with van der Waals surface area (Å²) in [6.07, 6.45) is 1.30. The molecule has 0 aromatic carbocycles. The van der Waals surface area contributed by atoms with Gasteiger partial charge in [-0.05, 0) is 19.1 Å². The molecule has 2 rings (SSSR count). The molecule has 0 bridgehead atoms. The van der Waals surface area contributed by atoms with E-state index in [-0.39, 0.29) is 18.0 Å². The third-order valence-electron chi connectivity index (χ3n) is 2.26. The van der Waals surface area contributed by atoms with E-state index in [0.29, 0.717) is 5.52 Å². The molecule has 0 saturated heterocycles. The molecule has 6 heteroatoms. The van der Waals surface area contributed by atoms with Crippen LogP contribution in [0.25, 0.3) is 5.52 Å². The van der Waals surface area contributed by atoms with E-state index in [2.05, 4.69) is 4.98 Å². The molecule has 2 aromatic heterocycles. The van der Waals surface area contributed by atoms with Crippen LogP contribution in [0.5, 0.6) is 0 Å². The molecule has 0 saturated carbocycles. The van der Waals surface area contributed by atoms with E-state index >= 15 is 0 Å². The number of carboxylic acid groups (broad SMARTS) is 1. The molecule has 2 aromatic rings. The number of ether oxygens (including phenoxy) is 1. The quantitative estimate of drug-likeness (QED) is 0.807. The topological polar surface area (TPSA) is 80.9 Å². The van der Waals surface area contributed by atoms with Crippen LogP contribution in [0.4, 0.5) is 0 Å². The number of nitrogens with zero attached hydrogens (tertiary/aromatic N) is 2. The maximum absolute atomic E-state index is 11.6. The largest absolute Gasteiger partial charge is 0.477 e. The number of esters is 1. The number of rotatable bonds is 3. The zero-order valence-corrected chi connectivity index (χ0v) is 9.08. The van der Waals surface area contributed by atoms with E-state index in [4.69, 9.17) is 9.84 Å². The zero-order chi connectivity index (χ0) is 12.4. The van der Waals surface area contributed by atoms with E-state index in [9.17, 15) is 9.59 Å². The molecule has 0 unspecified atom stereocenters. The Kier molecular flexibility index (Phi) is 2.78. The van der Waals surface area contributed by atoms with Gasteiger partial charge in [-0.1, -0.05) is 6.07 Å². The van der Waals surface area contributed by atoms with Crippen molar-refractivity contribution in [3.8, 4) is 0 Å². The molecule has 0 aliphatic rings. The molecule has 17 heavy (non-hydrogen) atoms. The minimum Gasteiger partial charge on any atom is -0.477 e. The highest BCUT2D eigenvalue weighted by Crippen LogP contribution is 2.13.